The normalized spacial score (nSPS) is 17.0. The van der Waals surface area contributed by atoms with Gasteiger partial charge in [0.1, 0.15) is 17.3 Å². The summed E-state index contributed by atoms with van der Waals surface area (Å²) in [4.78, 5) is 31.8. The molecule has 0 spiro atoms. The Bertz CT molecular complexity index is 1600. The lowest BCUT2D eigenvalue weighted by Crippen LogP contribution is -2.31. The van der Waals surface area contributed by atoms with E-state index in [2.05, 4.69) is 4.98 Å². The number of carbonyl (C=O) groups excluding carboxylic acids is 2. The average Bonchev–Trinajstić information content (AvgIpc) is 3.46. The molecule has 1 aliphatic heterocycles. The smallest absolute Gasteiger partial charge is 0.295 e. The Labute approximate surface area is 226 Å². The molecule has 1 aromatic heterocycles. The van der Waals surface area contributed by atoms with Crippen molar-refractivity contribution in [3.05, 3.63) is 106 Å². The first-order valence-corrected chi connectivity index (χ1v) is 13.0. The van der Waals surface area contributed by atoms with E-state index in [1.165, 1.54) is 17.0 Å². The Morgan fingerprint density at radius 1 is 1.10 bits per heavy atom. The van der Waals surface area contributed by atoms with E-state index in [0.717, 1.165) is 33.2 Å². The molecular formula is C32H31FN2O4. The Kier molecular flexibility index (Phi) is 7.00. The van der Waals surface area contributed by atoms with Gasteiger partial charge in [0.05, 0.1) is 18.7 Å². The molecule has 0 bridgehead atoms. The Balaban J connectivity index is 1.67. The van der Waals surface area contributed by atoms with Gasteiger partial charge in [-0.1, -0.05) is 44.2 Å². The molecule has 4 aromatic rings. The standard InChI is InChI=1S/C32H31FN2O4/c1-18(2)23-16-24(19(3)15-27(23)39-4)30(36)28-29(25-17-34-26-8-6-5-7-22(25)26)35(32(38)31(28)37)14-13-20-9-11-21(33)12-10-20/h5-12,15-18,29,34,36H,13-14H2,1-4H3/b30-28+. The molecule has 7 heteroatoms. The molecule has 1 saturated heterocycles. The number of hydrogen-bond acceptors (Lipinski definition) is 4. The predicted molar refractivity (Wildman–Crippen MR) is 149 cm³/mol. The second kappa shape index (κ2) is 10.4. The number of aryl methyl sites for hydroxylation is 1. The van der Waals surface area contributed by atoms with Crippen molar-refractivity contribution in [2.75, 3.05) is 13.7 Å². The van der Waals surface area contributed by atoms with Crippen LogP contribution in [0.5, 0.6) is 5.75 Å². The lowest BCUT2D eigenvalue weighted by atomic mass is 9.91. The number of carbonyl (C=O) groups is 2. The summed E-state index contributed by atoms with van der Waals surface area (Å²) in [6, 6.07) is 16.6. The number of aromatic amines is 1. The predicted octanol–water partition coefficient (Wildman–Crippen LogP) is 6.41. The van der Waals surface area contributed by atoms with Crippen LogP contribution in [0.4, 0.5) is 4.39 Å². The fraction of sp³-hybridized carbons (Fsp3) is 0.250. The fourth-order valence-corrected chi connectivity index (χ4v) is 5.38. The van der Waals surface area contributed by atoms with E-state index in [1.807, 2.05) is 57.2 Å². The molecule has 3 aromatic carbocycles. The zero-order chi connectivity index (χ0) is 27.8. The number of benzene rings is 3. The van der Waals surface area contributed by atoms with Gasteiger partial charge in [-0.2, -0.15) is 0 Å². The van der Waals surface area contributed by atoms with Gasteiger partial charge in [-0.05, 0) is 66.3 Å². The number of ether oxygens (including phenoxy) is 1. The summed E-state index contributed by atoms with van der Waals surface area (Å²) < 4.78 is 19.0. The minimum atomic E-state index is -0.800. The zero-order valence-corrected chi connectivity index (χ0v) is 22.4. The summed E-state index contributed by atoms with van der Waals surface area (Å²) >= 11 is 0. The number of nitrogens with one attached hydrogen (secondary N) is 1. The van der Waals surface area contributed by atoms with Gasteiger partial charge in [0.2, 0.25) is 0 Å². The van der Waals surface area contributed by atoms with Crippen molar-refractivity contribution in [1.82, 2.24) is 9.88 Å². The van der Waals surface area contributed by atoms with Crippen molar-refractivity contribution in [3.8, 4) is 5.75 Å². The lowest BCUT2D eigenvalue weighted by molar-refractivity contribution is -0.139. The van der Waals surface area contributed by atoms with Crippen molar-refractivity contribution in [3.63, 3.8) is 0 Å². The Morgan fingerprint density at radius 3 is 2.51 bits per heavy atom. The van der Waals surface area contributed by atoms with Gasteiger partial charge in [0, 0.05) is 34.8 Å². The van der Waals surface area contributed by atoms with Crippen LogP contribution < -0.4 is 4.74 Å². The summed E-state index contributed by atoms with van der Waals surface area (Å²) in [5, 5.41) is 12.6. The van der Waals surface area contributed by atoms with Crippen molar-refractivity contribution in [1.29, 1.82) is 0 Å². The second-order valence-corrected chi connectivity index (χ2v) is 10.2. The molecule has 1 fully saturated rings. The van der Waals surface area contributed by atoms with Gasteiger partial charge in [-0.25, -0.2) is 4.39 Å². The highest BCUT2D eigenvalue weighted by Gasteiger charge is 2.46. The fourth-order valence-electron chi connectivity index (χ4n) is 5.38. The minimum Gasteiger partial charge on any atom is -0.507 e. The van der Waals surface area contributed by atoms with Crippen molar-refractivity contribution < 1.29 is 23.8 Å². The number of fused-ring (bicyclic) bond motifs is 1. The van der Waals surface area contributed by atoms with Crippen molar-refractivity contribution in [2.45, 2.75) is 39.2 Å². The number of rotatable bonds is 7. The summed E-state index contributed by atoms with van der Waals surface area (Å²) in [7, 11) is 1.60. The molecular weight excluding hydrogens is 495 g/mol. The maximum absolute atomic E-state index is 13.6. The van der Waals surface area contributed by atoms with E-state index in [4.69, 9.17) is 4.74 Å². The molecule has 1 aliphatic rings. The number of aromatic nitrogens is 1. The third kappa shape index (κ3) is 4.69. The lowest BCUT2D eigenvalue weighted by Gasteiger charge is -2.25. The van der Waals surface area contributed by atoms with Crippen LogP contribution in [0, 0.1) is 12.7 Å². The quantitative estimate of drug-likeness (QED) is 0.166. The topological polar surface area (TPSA) is 82.6 Å². The van der Waals surface area contributed by atoms with Crippen LogP contribution in [0.15, 0.2) is 72.4 Å². The van der Waals surface area contributed by atoms with E-state index >= 15 is 0 Å². The van der Waals surface area contributed by atoms with Gasteiger partial charge < -0.3 is 19.7 Å². The monoisotopic (exact) mass is 526 g/mol. The molecule has 0 aliphatic carbocycles. The Morgan fingerprint density at radius 2 is 1.82 bits per heavy atom. The number of hydrogen-bond donors (Lipinski definition) is 2. The number of amides is 1. The SMILES string of the molecule is COc1cc(C)c(/C(O)=C2\C(=O)C(=O)N(CCc3ccc(F)cc3)C2c2c[nH]c3ccccc23)cc1C(C)C. The number of H-pyrrole nitrogens is 1. The molecule has 2 N–H and O–H groups in total. The van der Waals surface area contributed by atoms with Crippen molar-refractivity contribution >= 4 is 28.4 Å². The number of methoxy groups -OCH3 is 1. The van der Waals surface area contributed by atoms with E-state index in [9.17, 15) is 19.1 Å². The number of aliphatic hydroxyl groups is 1. The first-order chi connectivity index (χ1) is 18.7. The van der Waals surface area contributed by atoms with Crippen LogP contribution >= 0.6 is 0 Å². The molecule has 5 rings (SSSR count). The van der Waals surface area contributed by atoms with Crippen LogP contribution in [-0.2, 0) is 16.0 Å². The molecule has 1 atom stereocenters. The first kappa shape index (κ1) is 26.2. The number of aliphatic hydroxyl groups excluding tert-OH is 1. The molecule has 6 nitrogen and oxygen atoms in total. The number of ketones is 1. The van der Waals surface area contributed by atoms with Crippen LogP contribution in [0.1, 0.15) is 53.6 Å². The zero-order valence-electron chi connectivity index (χ0n) is 22.4. The molecule has 0 radical (unpaired) electrons. The third-order valence-corrected chi connectivity index (χ3v) is 7.46. The molecule has 2 heterocycles. The van der Waals surface area contributed by atoms with E-state index in [-0.39, 0.29) is 29.6 Å². The maximum Gasteiger partial charge on any atom is 0.295 e. The highest BCUT2D eigenvalue weighted by molar-refractivity contribution is 6.46. The molecule has 39 heavy (non-hydrogen) atoms. The molecule has 200 valence electrons. The number of nitrogens with zero attached hydrogens (tertiary/aromatic N) is 1. The van der Waals surface area contributed by atoms with Crippen LogP contribution in [-0.4, -0.2) is 40.3 Å². The van der Waals surface area contributed by atoms with Crippen LogP contribution in [0.3, 0.4) is 0 Å². The first-order valence-electron chi connectivity index (χ1n) is 13.0. The van der Waals surface area contributed by atoms with Gasteiger partial charge in [-0.3, -0.25) is 9.59 Å². The van der Waals surface area contributed by atoms with E-state index in [0.29, 0.717) is 17.7 Å². The molecule has 1 amide bonds. The third-order valence-electron chi connectivity index (χ3n) is 7.46. The largest absolute Gasteiger partial charge is 0.507 e. The summed E-state index contributed by atoms with van der Waals surface area (Å²) in [6.45, 7) is 6.11. The molecule has 1 unspecified atom stereocenters. The van der Waals surface area contributed by atoms with Crippen molar-refractivity contribution in [2.24, 2.45) is 0 Å². The summed E-state index contributed by atoms with van der Waals surface area (Å²) in [5.41, 5.74) is 4.57. The number of halogens is 1. The van der Waals surface area contributed by atoms with Gasteiger partial charge in [0.25, 0.3) is 11.7 Å². The Hall–Kier alpha value is -4.39. The highest BCUT2D eigenvalue weighted by Crippen LogP contribution is 2.43. The second-order valence-electron chi connectivity index (χ2n) is 10.2. The van der Waals surface area contributed by atoms with E-state index in [1.54, 1.807) is 25.4 Å². The average molecular weight is 527 g/mol. The minimum absolute atomic E-state index is 0.0480. The summed E-state index contributed by atoms with van der Waals surface area (Å²) in [6.07, 6.45) is 2.21. The molecule has 0 saturated carbocycles. The number of para-hydroxylation sites is 1. The summed E-state index contributed by atoms with van der Waals surface area (Å²) in [5.74, 6) is -1.16. The van der Waals surface area contributed by atoms with Gasteiger partial charge >= 0.3 is 0 Å². The number of likely N-dealkylation sites (tertiary alicyclic amines) is 1. The number of Topliss-reactive ketones (excluding diaryl/α,β-unsaturated/α-hetero) is 1. The van der Waals surface area contributed by atoms with Gasteiger partial charge in [-0.15, -0.1) is 0 Å². The van der Waals surface area contributed by atoms with Crippen LogP contribution in [0.2, 0.25) is 0 Å². The highest BCUT2D eigenvalue weighted by atomic mass is 19.1. The van der Waals surface area contributed by atoms with Gasteiger partial charge in [0.15, 0.2) is 0 Å². The maximum atomic E-state index is 13.6. The van der Waals surface area contributed by atoms with E-state index < -0.39 is 17.7 Å². The van der Waals surface area contributed by atoms with Crippen LogP contribution in [0.25, 0.3) is 16.7 Å².